The molecule has 0 radical (unpaired) electrons. The molecule has 0 spiro atoms. The Kier molecular flexibility index (Phi) is 3.99. The molecule has 8 nitrogen and oxygen atoms in total. The molecule has 1 atom stereocenters. The molecule has 2 fully saturated rings. The lowest BCUT2D eigenvalue weighted by Gasteiger charge is -2.34. The first-order chi connectivity index (χ1) is 12.5. The standard InChI is InChI=1S/C18H18N2O6/c21-8-9-6-10(7-9)26-13-3-1-2-11-15(13)18(25)20(17(11)24)12-4-5-14(22)19-16(12)23/h1-3,9-10,12,21H,4-8H2,(H,19,22,23). The lowest BCUT2D eigenvalue weighted by Crippen LogP contribution is -2.54. The number of aliphatic hydroxyl groups excluding tert-OH is 1. The van der Waals surface area contributed by atoms with Crippen LogP contribution in [0.2, 0.25) is 0 Å². The fraction of sp³-hybridized carbons (Fsp3) is 0.444. The maximum atomic E-state index is 12.9. The van der Waals surface area contributed by atoms with Gasteiger partial charge in [-0.05, 0) is 37.3 Å². The van der Waals surface area contributed by atoms with E-state index in [4.69, 9.17) is 9.84 Å². The van der Waals surface area contributed by atoms with Crippen molar-refractivity contribution in [1.29, 1.82) is 0 Å². The number of nitrogens with zero attached hydrogens (tertiary/aromatic N) is 1. The number of hydrogen-bond acceptors (Lipinski definition) is 6. The molecule has 1 unspecified atom stereocenters. The quantitative estimate of drug-likeness (QED) is 0.746. The third-order valence-corrected chi connectivity index (χ3v) is 5.17. The lowest BCUT2D eigenvalue weighted by molar-refractivity contribution is -0.136. The molecule has 1 saturated carbocycles. The molecule has 1 aromatic rings. The number of benzene rings is 1. The average Bonchev–Trinajstić information content (AvgIpc) is 2.83. The Bertz CT molecular complexity index is 814. The minimum atomic E-state index is -0.990. The molecule has 4 amide bonds. The molecule has 26 heavy (non-hydrogen) atoms. The van der Waals surface area contributed by atoms with Crippen LogP contribution in [0.3, 0.4) is 0 Å². The number of rotatable bonds is 4. The van der Waals surface area contributed by atoms with Crippen LogP contribution in [0.25, 0.3) is 0 Å². The Morgan fingerprint density at radius 2 is 1.92 bits per heavy atom. The van der Waals surface area contributed by atoms with Gasteiger partial charge in [0.1, 0.15) is 11.8 Å². The molecule has 4 rings (SSSR count). The van der Waals surface area contributed by atoms with E-state index in [0.29, 0.717) is 18.6 Å². The Morgan fingerprint density at radius 3 is 2.62 bits per heavy atom. The van der Waals surface area contributed by atoms with E-state index in [1.54, 1.807) is 12.1 Å². The highest BCUT2D eigenvalue weighted by atomic mass is 16.5. The number of nitrogens with one attached hydrogen (secondary N) is 1. The van der Waals surface area contributed by atoms with E-state index < -0.39 is 29.7 Å². The monoisotopic (exact) mass is 358 g/mol. The summed E-state index contributed by atoms with van der Waals surface area (Å²) in [6.45, 7) is 0.105. The molecule has 0 bridgehead atoms. The zero-order chi connectivity index (χ0) is 18.4. The highest BCUT2D eigenvalue weighted by Gasteiger charge is 2.46. The zero-order valence-corrected chi connectivity index (χ0v) is 13.9. The lowest BCUT2D eigenvalue weighted by atomic mass is 9.83. The topological polar surface area (TPSA) is 113 Å². The summed E-state index contributed by atoms with van der Waals surface area (Å²) < 4.78 is 5.86. The Morgan fingerprint density at radius 1 is 1.15 bits per heavy atom. The molecular formula is C18H18N2O6. The summed E-state index contributed by atoms with van der Waals surface area (Å²) in [6.07, 6.45) is 1.48. The predicted octanol–water partition coefficient (Wildman–Crippen LogP) is 0.238. The van der Waals surface area contributed by atoms with Crippen molar-refractivity contribution in [1.82, 2.24) is 10.2 Å². The molecule has 136 valence electrons. The van der Waals surface area contributed by atoms with E-state index in [1.807, 2.05) is 0 Å². The van der Waals surface area contributed by atoms with Crippen LogP contribution >= 0.6 is 0 Å². The van der Waals surface area contributed by atoms with Gasteiger partial charge in [-0.15, -0.1) is 0 Å². The SMILES string of the molecule is O=C1CCC(N2C(=O)c3cccc(OC4CC(CO)C4)c3C2=O)C(=O)N1. The van der Waals surface area contributed by atoms with Gasteiger partial charge in [0.15, 0.2) is 0 Å². The molecular weight excluding hydrogens is 340 g/mol. The van der Waals surface area contributed by atoms with Gasteiger partial charge in [-0.2, -0.15) is 0 Å². The number of carbonyl (C=O) groups is 4. The number of imide groups is 2. The van der Waals surface area contributed by atoms with E-state index in [1.165, 1.54) is 6.07 Å². The normalized spacial score (nSPS) is 27.9. The van der Waals surface area contributed by atoms with E-state index in [2.05, 4.69) is 5.32 Å². The van der Waals surface area contributed by atoms with Crippen molar-refractivity contribution < 1.29 is 29.0 Å². The summed E-state index contributed by atoms with van der Waals surface area (Å²) in [4.78, 5) is 49.9. The molecule has 8 heteroatoms. The van der Waals surface area contributed by atoms with Crippen LogP contribution in [0.15, 0.2) is 18.2 Å². The van der Waals surface area contributed by atoms with Gasteiger partial charge in [0.05, 0.1) is 17.2 Å². The summed E-state index contributed by atoms with van der Waals surface area (Å²) in [7, 11) is 0. The van der Waals surface area contributed by atoms with Crippen LogP contribution in [-0.4, -0.2) is 52.4 Å². The molecule has 3 aliphatic rings. The highest BCUT2D eigenvalue weighted by molar-refractivity contribution is 6.24. The van der Waals surface area contributed by atoms with Crippen LogP contribution < -0.4 is 10.1 Å². The van der Waals surface area contributed by atoms with Crippen LogP contribution in [0.4, 0.5) is 0 Å². The summed E-state index contributed by atoms with van der Waals surface area (Å²) in [5, 5.41) is 11.3. The van der Waals surface area contributed by atoms with E-state index in [-0.39, 0.29) is 42.6 Å². The van der Waals surface area contributed by atoms with Crippen molar-refractivity contribution in [3.8, 4) is 5.75 Å². The van der Waals surface area contributed by atoms with Crippen molar-refractivity contribution in [2.45, 2.75) is 37.8 Å². The molecule has 2 heterocycles. The minimum absolute atomic E-state index is 0.0811. The van der Waals surface area contributed by atoms with Gasteiger partial charge in [-0.1, -0.05) is 6.07 Å². The van der Waals surface area contributed by atoms with Crippen molar-refractivity contribution in [2.75, 3.05) is 6.61 Å². The van der Waals surface area contributed by atoms with Crippen molar-refractivity contribution in [2.24, 2.45) is 5.92 Å². The number of piperidine rings is 1. The number of hydrogen-bond donors (Lipinski definition) is 2. The maximum Gasteiger partial charge on any atom is 0.266 e. The Hall–Kier alpha value is -2.74. The van der Waals surface area contributed by atoms with Crippen LogP contribution in [0.5, 0.6) is 5.75 Å². The number of fused-ring (bicyclic) bond motifs is 1. The van der Waals surface area contributed by atoms with Crippen molar-refractivity contribution in [3.05, 3.63) is 29.3 Å². The van der Waals surface area contributed by atoms with Gasteiger partial charge in [-0.3, -0.25) is 29.4 Å². The van der Waals surface area contributed by atoms with Crippen molar-refractivity contribution in [3.63, 3.8) is 0 Å². The van der Waals surface area contributed by atoms with E-state index in [0.717, 1.165) is 4.90 Å². The second-order valence-electron chi connectivity index (χ2n) is 6.89. The van der Waals surface area contributed by atoms with Gasteiger partial charge in [0.25, 0.3) is 11.8 Å². The smallest absolute Gasteiger partial charge is 0.266 e. The number of ether oxygens (including phenoxy) is 1. The third kappa shape index (κ3) is 2.57. The summed E-state index contributed by atoms with van der Waals surface area (Å²) in [5.41, 5.74) is 0.366. The second-order valence-corrected chi connectivity index (χ2v) is 6.89. The minimum Gasteiger partial charge on any atom is -0.490 e. The first kappa shape index (κ1) is 16.7. The molecule has 2 N–H and O–H groups in total. The maximum absolute atomic E-state index is 12.9. The van der Waals surface area contributed by atoms with Gasteiger partial charge in [0, 0.05) is 13.0 Å². The van der Waals surface area contributed by atoms with Gasteiger partial charge < -0.3 is 9.84 Å². The molecule has 0 aromatic heterocycles. The van der Waals surface area contributed by atoms with Crippen LogP contribution in [-0.2, 0) is 9.59 Å². The highest BCUT2D eigenvalue weighted by Crippen LogP contribution is 2.37. The van der Waals surface area contributed by atoms with Gasteiger partial charge in [-0.25, -0.2) is 0 Å². The molecule has 2 aliphatic heterocycles. The largest absolute Gasteiger partial charge is 0.490 e. The van der Waals surface area contributed by atoms with Gasteiger partial charge >= 0.3 is 0 Å². The first-order valence-electron chi connectivity index (χ1n) is 8.61. The molecule has 1 saturated heterocycles. The Labute approximate surface area is 149 Å². The van der Waals surface area contributed by atoms with E-state index >= 15 is 0 Å². The Balaban J connectivity index is 1.59. The first-order valence-corrected chi connectivity index (χ1v) is 8.61. The van der Waals surface area contributed by atoms with Crippen molar-refractivity contribution >= 4 is 23.6 Å². The second kappa shape index (κ2) is 6.21. The number of carbonyl (C=O) groups excluding carboxylic acids is 4. The summed E-state index contributed by atoms with van der Waals surface area (Å²) >= 11 is 0. The summed E-state index contributed by atoms with van der Waals surface area (Å²) in [5.74, 6) is -1.65. The number of aliphatic hydroxyl groups is 1. The van der Waals surface area contributed by atoms with Gasteiger partial charge in [0.2, 0.25) is 11.8 Å². The molecule has 1 aliphatic carbocycles. The summed E-state index contributed by atoms with van der Waals surface area (Å²) in [6, 6.07) is 3.81. The fourth-order valence-electron chi connectivity index (χ4n) is 3.68. The zero-order valence-electron chi connectivity index (χ0n) is 13.9. The predicted molar refractivity (Wildman–Crippen MR) is 87.3 cm³/mol. The molecule has 1 aromatic carbocycles. The average molecular weight is 358 g/mol. The van der Waals surface area contributed by atoms with Crippen LogP contribution in [0, 0.1) is 5.92 Å². The fourth-order valence-corrected chi connectivity index (χ4v) is 3.68. The van der Waals surface area contributed by atoms with E-state index in [9.17, 15) is 19.2 Å². The third-order valence-electron chi connectivity index (χ3n) is 5.17. The number of amides is 4. The van der Waals surface area contributed by atoms with Crippen LogP contribution in [0.1, 0.15) is 46.4 Å².